The van der Waals surface area contributed by atoms with Gasteiger partial charge in [0, 0.05) is 27.8 Å². The summed E-state index contributed by atoms with van der Waals surface area (Å²) in [6, 6.07) is 5.92. The minimum absolute atomic E-state index is 0.0247. The highest BCUT2D eigenvalue weighted by molar-refractivity contribution is 6.50. The quantitative estimate of drug-likeness (QED) is 0.300. The Balaban J connectivity index is 2.14. The summed E-state index contributed by atoms with van der Waals surface area (Å²) < 4.78 is 0. The summed E-state index contributed by atoms with van der Waals surface area (Å²) >= 11 is 24.8. The lowest BCUT2D eigenvalue weighted by atomic mass is 9.90. The predicted octanol–water partition coefficient (Wildman–Crippen LogP) is 7.53. The molecule has 0 saturated carbocycles. The van der Waals surface area contributed by atoms with Crippen LogP contribution in [0.5, 0.6) is 0 Å². The average Bonchev–Trinajstić information content (AvgIpc) is 2.77. The summed E-state index contributed by atoms with van der Waals surface area (Å²) in [6.45, 7) is 7.10. The van der Waals surface area contributed by atoms with E-state index < -0.39 is 6.04 Å². The number of aliphatic imine (C=N–C) groups is 3. The minimum Gasteiger partial charge on any atom is -0.268 e. The van der Waals surface area contributed by atoms with E-state index in [1.165, 1.54) is 0 Å². The van der Waals surface area contributed by atoms with Gasteiger partial charge in [0.05, 0.1) is 38.4 Å². The van der Waals surface area contributed by atoms with Gasteiger partial charge >= 0.3 is 0 Å². The standard InChI is InChI=1S/C25H19Cl4N3O2/c1-12-5-18(26)8-20(28)22(12)30-14(3)24-16(10-33)7-17(11-34)25(32-24)15(4)31-23-13(2)6-19(27)9-21(23)29/h5-6,8-9,24H,7H2,1-4H3. The van der Waals surface area contributed by atoms with Crippen molar-refractivity contribution >= 4 is 86.8 Å². The SMILES string of the molecule is CC(=Nc1c(C)cc(Cl)cc1Cl)C1=NC(C(C)=Nc2c(C)cc(Cl)cc2Cl)C(=C=O)CC1=C=O. The van der Waals surface area contributed by atoms with E-state index in [1.807, 2.05) is 25.7 Å². The Morgan fingerprint density at radius 3 is 1.88 bits per heavy atom. The number of nitrogens with zero attached hydrogens (tertiary/aromatic N) is 3. The molecule has 0 bridgehead atoms. The molecule has 0 radical (unpaired) electrons. The number of allylic oxidation sites excluding steroid dienone is 1. The van der Waals surface area contributed by atoms with Crippen molar-refractivity contribution in [1.82, 2.24) is 0 Å². The van der Waals surface area contributed by atoms with Crippen LogP contribution in [0.2, 0.25) is 20.1 Å². The van der Waals surface area contributed by atoms with Crippen LogP contribution in [0.3, 0.4) is 0 Å². The summed E-state index contributed by atoms with van der Waals surface area (Å²) in [5.41, 5.74) is 4.29. The Morgan fingerprint density at radius 1 is 0.882 bits per heavy atom. The molecule has 34 heavy (non-hydrogen) atoms. The van der Waals surface area contributed by atoms with Crippen LogP contribution in [-0.4, -0.2) is 35.1 Å². The summed E-state index contributed by atoms with van der Waals surface area (Å²) in [5.74, 6) is 3.79. The second kappa shape index (κ2) is 10.8. The molecule has 3 rings (SSSR count). The number of hydrogen-bond acceptors (Lipinski definition) is 5. The molecule has 0 spiro atoms. The van der Waals surface area contributed by atoms with E-state index in [0.29, 0.717) is 48.6 Å². The second-order valence-electron chi connectivity index (χ2n) is 7.82. The van der Waals surface area contributed by atoms with Crippen molar-refractivity contribution < 1.29 is 9.59 Å². The molecule has 1 atom stereocenters. The lowest BCUT2D eigenvalue weighted by Gasteiger charge is -2.22. The van der Waals surface area contributed by atoms with Crippen LogP contribution in [0, 0.1) is 13.8 Å². The first-order valence-corrected chi connectivity index (χ1v) is 11.6. The Hall–Kier alpha value is -2.49. The molecule has 174 valence electrons. The van der Waals surface area contributed by atoms with Crippen LogP contribution in [0.4, 0.5) is 11.4 Å². The largest absolute Gasteiger partial charge is 0.268 e. The fourth-order valence-electron chi connectivity index (χ4n) is 3.62. The Bertz CT molecular complexity index is 1330. The van der Waals surface area contributed by atoms with E-state index in [-0.39, 0.29) is 17.6 Å². The van der Waals surface area contributed by atoms with Crippen LogP contribution in [0.1, 0.15) is 31.4 Å². The monoisotopic (exact) mass is 533 g/mol. The smallest absolute Gasteiger partial charge is 0.130 e. The molecule has 1 unspecified atom stereocenters. The molecule has 2 aromatic carbocycles. The molecule has 0 aromatic heterocycles. The van der Waals surface area contributed by atoms with Crippen molar-refractivity contribution in [3.63, 3.8) is 0 Å². The van der Waals surface area contributed by atoms with E-state index in [1.54, 1.807) is 38.1 Å². The molecule has 1 aliphatic heterocycles. The van der Waals surface area contributed by atoms with Crippen LogP contribution >= 0.6 is 46.4 Å². The number of rotatable bonds is 4. The molecule has 5 nitrogen and oxygen atoms in total. The first-order valence-electron chi connectivity index (χ1n) is 10.1. The van der Waals surface area contributed by atoms with Crippen molar-refractivity contribution in [1.29, 1.82) is 0 Å². The van der Waals surface area contributed by atoms with Crippen molar-refractivity contribution in [3.05, 3.63) is 66.6 Å². The average molecular weight is 535 g/mol. The molecule has 0 N–H and O–H groups in total. The molecule has 2 aromatic rings. The van der Waals surface area contributed by atoms with Gasteiger partial charge in [-0.2, -0.15) is 0 Å². The Labute approximate surface area is 217 Å². The van der Waals surface area contributed by atoms with E-state index in [4.69, 9.17) is 46.4 Å². The van der Waals surface area contributed by atoms with E-state index >= 15 is 0 Å². The van der Waals surface area contributed by atoms with Gasteiger partial charge in [0.2, 0.25) is 0 Å². The third kappa shape index (κ3) is 5.59. The van der Waals surface area contributed by atoms with Crippen molar-refractivity contribution in [2.24, 2.45) is 15.0 Å². The highest BCUT2D eigenvalue weighted by atomic mass is 35.5. The summed E-state index contributed by atoms with van der Waals surface area (Å²) in [6.07, 6.45) is 0.0247. The first kappa shape index (κ1) is 26.1. The van der Waals surface area contributed by atoms with Crippen molar-refractivity contribution in [2.45, 2.75) is 40.2 Å². The van der Waals surface area contributed by atoms with Crippen LogP contribution in [0.15, 0.2) is 50.4 Å². The number of hydrogen-bond donors (Lipinski definition) is 0. The molecular weight excluding hydrogens is 516 g/mol. The van der Waals surface area contributed by atoms with Gasteiger partial charge in [0.1, 0.15) is 17.9 Å². The number of benzene rings is 2. The maximum atomic E-state index is 11.7. The second-order valence-corrected chi connectivity index (χ2v) is 9.51. The lowest BCUT2D eigenvalue weighted by molar-refractivity contribution is 0.564. The van der Waals surface area contributed by atoms with Gasteiger partial charge in [-0.3, -0.25) is 9.98 Å². The van der Waals surface area contributed by atoms with Gasteiger partial charge < -0.3 is 0 Å². The van der Waals surface area contributed by atoms with Crippen molar-refractivity contribution in [3.8, 4) is 0 Å². The summed E-state index contributed by atoms with van der Waals surface area (Å²) in [4.78, 5) is 37.3. The third-order valence-electron chi connectivity index (χ3n) is 5.24. The molecule has 9 heteroatoms. The maximum Gasteiger partial charge on any atom is 0.130 e. The number of carbonyl (C=O) groups excluding carboxylic acids is 2. The van der Waals surface area contributed by atoms with E-state index in [0.717, 1.165) is 11.1 Å². The van der Waals surface area contributed by atoms with Gasteiger partial charge in [0.25, 0.3) is 0 Å². The molecule has 0 amide bonds. The van der Waals surface area contributed by atoms with Crippen LogP contribution in [0.25, 0.3) is 0 Å². The van der Waals surface area contributed by atoms with Gasteiger partial charge in [-0.05, 0) is 63.1 Å². The lowest BCUT2D eigenvalue weighted by Crippen LogP contribution is -2.30. The summed E-state index contributed by atoms with van der Waals surface area (Å²) in [7, 11) is 0. The van der Waals surface area contributed by atoms with Gasteiger partial charge in [-0.1, -0.05) is 46.4 Å². The van der Waals surface area contributed by atoms with Gasteiger partial charge in [-0.15, -0.1) is 0 Å². The predicted molar refractivity (Wildman–Crippen MR) is 142 cm³/mol. The fraction of sp³-hybridized carbons (Fsp3) is 0.240. The molecular formula is C25H19Cl4N3O2. The minimum atomic E-state index is -0.748. The number of halogens is 4. The first-order chi connectivity index (χ1) is 16.0. The van der Waals surface area contributed by atoms with Gasteiger partial charge in [0.15, 0.2) is 0 Å². The molecule has 0 fully saturated rings. The van der Waals surface area contributed by atoms with Gasteiger partial charge in [-0.25, -0.2) is 14.6 Å². The zero-order valence-corrected chi connectivity index (χ0v) is 21.8. The zero-order chi connectivity index (χ0) is 25.2. The molecule has 1 heterocycles. The van der Waals surface area contributed by atoms with E-state index in [9.17, 15) is 9.59 Å². The molecule has 0 aliphatic carbocycles. The van der Waals surface area contributed by atoms with Crippen LogP contribution in [-0.2, 0) is 9.59 Å². The highest BCUT2D eigenvalue weighted by Gasteiger charge is 2.29. The van der Waals surface area contributed by atoms with Crippen LogP contribution < -0.4 is 0 Å². The summed E-state index contributed by atoms with van der Waals surface area (Å²) in [5, 5.41) is 1.73. The third-order valence-corrected chi connectivity index (χ3v) is 6.25. The number of aryl methyl sites for hydroxylation is 2. The Morgan fingerprint density at radius 2 is 1.41 bits per heavy atom. The normalized spacial score (nSPS) is 16.8. The zero-order valence-electron chi connectivity index (χ0n) is 18.8. The molecule has 0 saturated heterocycles. The molecule has 1 aliphatic rings. The maximum absolute atomic E-state index is 11.7. The van der Waals surface area contributed by atoms with Crippen molar-refractivity contribution in [2.75, 3.05) is 0 Å². The topological polar surface area (TPSA) is 71.2 Å². The fourth-order valence-corrected chi connectivity index (χ4v) is 4.89. The van der Waals surface area contributed by atoms with E-state index in [2.05, 4.69) is 15.0 Å². The Kier molecular flexibility index (Phi) is 8.33. The highest BCUT2D eigenvalue weighted by Crippen LogP contribution is 2.35.